The van der Waals surface area contributed by atoms with Crippen molar-refractivity contribution < 1.29 is 10.0 Å². The summed E-state index contributed by atoms with van der Waals surface area (Å²) in [4.78, 5) is 12.9. The van der Waals surface area contributed by atoms with E-state index in [9.17, 15) is 4.79 Å². The number of benzene rings is 1. The van der Waals surface area contributed by atoms with E-state index in [2.05, 4.69) is 29.6 Å². The minimum absolute atomic E-state index is 0.0181. The van der Waals surface area contributed by atoms with Gasteiger partial charge in [0.15, 0.2) is 0 Å². The number of guanidine groups is 1. The Labute approximate surface area is 131 Å². The van der Waals surface area contributed by atoms with Gasteiger partial charge in [-0.3, -0.25) is 15.4 Å². The van der Waals surface area contributed by atoms with Gasteiger partial charge in [-0.1, -0.05) is 24.3 Å². The summed E-state index contributed by atoms with van der Waals surface area (Å²) in [7, 11) is 0. The third kappa shape index (κ3) is 3.98. The molecule has 0 unspecified atom stereocenters. The number of amides is 1. The zero-order valence-corrected chi connectivity index (χ0v) is 13.1. The molecule has 6 heteroatoms. The Morgan fingerprint density at radius 3 is 2.41 bits per heavy atom. The van der Waals surface area contributed by atoms with E-state index < -0.39 is 0 Å². The second-order valence-corrected chi connectivity index (χ2v) is 5.81. The summed E-state index contributed by atoms with van der Waals surface area (Å²) in [5.74, 6) is 0.523. The lowest BCUT2D eigenvalue weighted by Crippen LogP contribution is -2.43. The Kier molecular flexibility index (Phi) is 5.38. The van der Waals surface area contributed by atoms with Crippen LogP contribution in [0.5, 0.6) is 0 Å². The summed E-state index contributed by atoms with van der Waals surface area (Å²) in [5.41, 5.74) is 4.29. The van der Waals surface area contributed by atoms with E-state index in [1.54, 1.807) is 0 Å². The van der Waals surface area contributed by atoms with Gasteiger partial charge in [0.1, 0.15) is 0 Å². The lowest BCUT2D eigenvalue weighted by atomic mass is 9.88. The zero-order valence-electron chi connectivity index (χ0n) is 13.1. The fourth-order valence-electron chi connectivity index (χ4n) is 2.95. The largest absolute Gasteiger partial charge is 0.350 e. The van der Waals surface area contributed by atoms with E-state index in [4.69, 9.17) is 10.6 Å². The second kappa shape index (κ2) is 7.26. The van der Waals surface area contributed by atoms with E-state index >= 15 is 0 Å². The lowest BCUT2D eigenvalue weighted by Gasteiger charge is -2.33. The molecule has 22 heavy (non-hydrogen) atoms. The molecular formula is C16H24N4O2. The van der Waals surface area contributed by atoms with Gasteiger partial charge in [-0.15, -0.1) is 0 Å². The first kappa shape index (κ1) is 16.3. The molecule has 1 aliphatic heterocycles. The van der Waals surface area contributed by atoms with Gasteiger partial charge in [0.2, 0.25) is 11.9 Å². The van der Waals surface area contributed by atoms with Crippen LogP contribution in [0.15, 0.2) is 24.3 Å². The third-order valence-corrected chi connectivity index (χ3v) is 4.24. The van der Waals surface area contributed by atoms with Crippen LogP contribution in [0, 0.1) is 5.41 Å². The van der Waals surface area contributed by atoms with E-state index in [1.165, 1.54) is 12.5 Å². The number of nitrogens with one attached hydrogen (secondary N) is 3. The van der Waals surface area contributed by atoms with Gasteiger partial charge < -0.3 is 10.2 Å². The summed E-state index contributed by atoms with van der Waals surface area (Å²) in [6, 6.07) is 8.41. The number of hydroxylamine groups is 1. The molecule has 1 aromatic carbocycles. The minimum atomic E-state index is -0.0242. The standard InChI is InChI=1S/C16H24N4O2/c1-11(18-12(2)21)13-3-5-14(6-4-13)15-7-9-20(10-8-15)16(17)19-22/h3-6,11,15,22H,7-10H2,1-2H3,(H2,17,19)(H,18,21)/t11-/m0/s1. The molecule has 0 spiro atoms. The van der Waals surface area contributed by atoms with Crippen LogP contribution in [0.2, 0.25) is 0 Å². The molecule has 1 saturated heterocycles. The topological polar surface area (TPSA) is 88.5 Å². The molecule has 0 radical (unpaired) electrons. The molecule has 1 aliphatic rings. The number of carbonyl (C=O) groups excluding carboxylic acids is 1. The first-order chi connectivity index (χ1) is 10.5. The summed E-state index contributed by atoms with van der Waals surface area (Å²) in [6.07, 6.45) is 1.93. The molecule has 4 N–H and O–H groups in total. The van der Waals surface area contributed by atoms with Crippen molar-refractivity contribution >= 4 is 11.9 Å². The van der Waals surface area contributed by atoms with E-state index in [1.807, 2.05) is 17.3 Å². The third-order valence-electron chi connectivity index (χ3n) is 4.24. The number of carbonyl (C=O) groups is 1. The van der Waals surface area contributed by atoms with Crippen molar-refractivity contribution in [2.75, 3.05) is 13.1 Å². The van der Waals surface area contributed by atoms with Crippen LogP contribution < -0.4 is 10.8 Å². The molecule has 2 rings (SSSR count). The van der Waals surface area contributed by atoms with Gasteiger partial charge >= 0.3 is 0 Å². The Balaban J connectivity index is 1.94. The number of piperidine rings is 1. The van der Waals surface area contributed by atoms with Crippen molar-refractivity contribution in [3.05, 3.63) is 35.4 Å². The molecule has 1 atom stereocenters. The zero-order chi connectivity index (χ0) is 16.1. The molecule has 1 aromatic rings. The maximum Gasteiger partial charge on any atom is 0.217 e. The average Bonchev–Trinajstić information content (AvgIpc) is 2.54. The molecule has 1 heterocycles. The van der Waals surface area contributed by atoms with Crippen molar-refractivity contribution in [1.82, 2.24) is 15.7 Å². The number of nitrogens with zero attached hydrogens (tertiary/aromatic N) is 1. The van der Waals surface area contributed by atoms with Crippen LogP contribution in [0.3, 0.4) is 0 Å². The molecule has 120 valence electrons. The molecule has 0 aliphatic carbocycles. The van der Waals surface area contributed by atoms with Crippen LogP contribution in [0.1, 0.15) is 49.8 Å². The summed E-state index contributed by atoms with van der Waals surface area (Å²) in [6.45, 7) is 5.03. The molecule has 1 fully saturated rings. The highest BCUT2D eigenvalue weighted by Gasteiger charge is 2.22. The fraction of sp³-hybridized carbons (Fsp3) is 0.500. The molecular weight excluding hydrogens is 280 g/mol. The quantitative estimate of drug-likeness (QED) is 0.390. The number of hydrogen-bond acceptors (Lipinski definition) is 3. The summed E-state index contributed by atoms with van der Waals surface area (Å²) >= 11 is 0. The SMILES string of the molecule is CC(=O)N[C@@H](C)c1ccc(C2CCN(C(=N)NO)CC2)cc1. The normalized spacial score (nSPS) is 17.0. The van der Waals surface area contributed by atoms with E-state index in [-0.39, 0.29) is 17.9 Å². The van der Waals surface area contributed by atoms with Crippen LogP contribution in [0.4, 0.5) is 0 Å². The maximum absolute atomic E-state index is 11.1. The minimum Gasteiger partial charge on any atom is -0.350 e. The Morgan fingerprint density at radius 1 is 1.32 bits per heavy atom. The van der Waals surface area contributed by atoms with E-state index in [0.717, 1.165) is 31.5 Å². The highest BCUT2D eigenvalue weighted by molar-refractivity contribution is 5.75. The average molecular weight is 304 g/mol. The smallest absolute Gasteiger partial charge is 0.217 e. The monoisotopic (exact) mass is 304 g/mol. The highest BCUT2D eigenvalue weighted by Crippen LogP contribution is 2.28. The highest BCUT2D eigenvalue weighted by atomic mass is 16.5. The second-order valence-electron chi connectivity index (χ2n) is 5.81. The van der Waals surface area contributed by atoms with Crippen LogP contribution in [-0.2, 0) is 4.79 Å². The Bertz CT molecular complexity index is 521. The van der Waals surface area contributed by atoms with Crippen molar-refractivity contribution in [3.8, 4) is 0 Å². The molecule has 0 aromatic heterocycles. The molecule has 0 bridgehead atoms. The molecule has 1 amide bonds. The summed E-state index contributed by atoms with van der Waals surface area (Å²) < 4.78 is 0. The van der Waals surface area contributed by atoms with Crippen LogP contribution >= 0.6 is 0 Å². The van der Waals surface area contributed by atoms with Crippen molar-refractivity contribution in [2.45, 2.75) is 38.6 Å². The Morgan fingerprint density at radius 2 is 1.91 bits per heavy atom. The first-order valence-corrected chi connectivity index (χ1v) is 7.62. The van der Waals surface area contributed by atoms with Gasteiger partial charge in [-0.05, 0) is 36.8 Å². The maximum atomic E-state index is 11.1. The van der Waals surface area contributed by atoms with Crippen LogP contribution in [-0.4, -0.2) is 35.1 Å². The van der Waals surface area contributed by atoms with Crippen LogP contribution in [0.25, 0.3) is 0 Å². The summed E-state index contributed by atoms with van der Waals surface area (Å²) in [5, 5.41) is 19.2. The van der Waals surface area contributed by atoms with Gasteiger partial charge in [-0.2, -0.15) is 0 Å². The van der Waals surface area contributed by atoms with Gasteiger partial charge in [0.05, 0.1) is 6.04 Å². The first-order valence-electron chi connectivity index (χ1n) is 7.62. The van der Waals surface area contributed by atoms with Gasteiger partial charge in [0.25, 0.3) is 0 Å². The van der Waals surface area contributed by atoms with Gasteiger partial charge in [-0.25, -0.2) is 5.48 Å². The molecule has 0 saturated carbocycles. The van der Waals surface area contributed by atoms with Gasteiger partial charge in [0, 0.05) is 20.0 Å². The fourth-order valence-corrected chi connectivity index (χ4v) is 2.95. The predicted molar refractivity (Wildman–Crippen MR) is 84.9 cm³/mol. The molecule has 6 nitrogen and oxygen atoms in total. The number of rotatable bonds is 3. The number of likely N-dealkylation sites (tertiary alicyclic amines) is 1. The number of hydrogen-bond donors (Lipinski definition) is 4. The lowest BCUT2D eigenvalue weighted by molar-refractivity contribution is -0.119. The van der Waals surface area contributed by atoms with Crippen molar-refractivity contribution in [2.24, 2.45) is 0 Å². The van der Waals surface area contributed by atoms with E-state index in [0.29, 0.717) is 5.92 Å². The van der Waals surface area contributed by atoms with Crippen molar-refractivity contribution in [3.63, 3.8) is 0 Å². The Hall–Kier alpha value is -2.08. The predicted octanol–water partition coefficient (Wildman–Crippen LogP) is 1.98. The van der Waals surface area contributed by atoms with Crippen molar-refractivity contribution in [1.29, 1.82) is 5.41 Å².